The van der Waals surface area contributed by atoms with E-state index >= 15 is 0 Å². The van der Waals surface area contributed by atoms with Crippen molar-refractivity contribution in [3.05, 3.63) is 71.0 Å². The van der Waals surface area contributed by atoms with Crippen LogP contribution in [0.25, 0.3) is 11.1 Å². The van der Waals surface area contributed by atoms with Crippen molar-refractivity contribution in [3.8, 4) is 16.9 Å². The normalized spacial score (nSPS) is 21.2. The Labute approximate surface area is 231 Å². The monoisotopic (exact) mass is 553 g/mol. The molecule has 212 valence electrons. The summed E-state index contributed by atoms with van der Waals surface area (Å²) in [4.78, 5) is 16.6. The van der Waals surface area contributed by atoms with Crippen LogP contribution >= 0.6 is 0 Å². The third-order valence-electron chi connectivity index (χ3n) is 7.59. The Morgan fingerprint density at radius 3 is 2.65 bits per heavy atom. The predicted octanol–water partition coefficient (Wildman–Crippen LogP) is 5.19. The van der Waals surface area contributed by atoms with Crippen LogP contribution in [0.1, 0.15) is 59.8 Å². The highest BCUT2D eigenvalue weighted by molar-refractivity contribution is 6.04. The molecule has 2 unspecified atom stereocenters. The Kier molecular flexibility index (Phi) is 7.52. The van der Waals surface area contributed by atoms with E-state index in [1.165, 1.54) is 12.3 Å². The van der Waals surface area contributed by atoms with Crippen LogP contribution < -0.4 is 15.4 Å². The number of aliphatic hydroxyl groups is 2. The predicted molar refractivity (Wildman–Crippen MR) is 147 cm³/mol. The van der Waals surface area contributed by atoms with Crippen LogP contribution in [0.4, 0.5) is 20.2 Å². The number of alkyl halides is 2. The van der Waals surface area contributed by atoms with Gasteiger partial charge in [0.15, 0.2) is 11.8 Å². The summed E-state index contributed by atoms with van der Waals surface area (Å²) in [5, 5.41) is 26.6. The highest BCUT2D eigenvalue weighted by Gasteiger charge is 2.41. The third-order valence-corrected chi connectivity index (χ3v) is 7.59. The van der Waals surface area contributed by atoms with Crippen LogP contribution in [0.5, 0.6) is 5.75 Å². The number of fused-ring (bicyclic) bond motifs is 1. The van der Waals surface area contributed by atoms with Crippen LogP contribution in [-0.4, -0.2) is 52.8 Å². The molecule has 0 saturated carbocycles. The molecule has 40 heavy (non-hydrogen) atoms. The van der Waals surface area contributed by atoms with Crippen molar-refractivity contribution in [3.63, 3.8) is 0 Å². The van der Waals surface area contributed by atoms with Gasteiger partial charge >= 0.3 is 0 Å². The molecule has 5 rings (SSSR count). The van der Waals surface area contributed by atoms with Gasteiger partial charge in [0.1, 0.15) is 11.4 Å². The lowest BCUT2D eigenvalue weighted by Gasteiger charge is -2.41. The van der Waals surface area contributed by atoms with Gasteiger partial charge in [-0.1, -0.05) is 6.07 Å². The van der Waals surface area contributed by atoms with Crippen molar-refractivity contribution in [2.75, 3.05) is 30.5 Å². The number of carbonyl (C=O) groups is 1. The van der Waals surface area contributed by atoms with Crippen molar-refractivity contribution < 1.29 is 33.3 Å². The average Bonchev–Trinajstić information content (AvgIpc) is 2.94. The zero-order valence-electron chi connectivity index (χ0n) is 22.6. The van der Waals surface area contributed by atoms with Gasteiger partial charge in [-0.05, 0) is 91.3 Å². The molecular weight excluding hydrogens is 520 g/mol. The number of amides is 1. The largest absolute Gasteiger partial charge is 0.478 e. The Balaban J connectivity index is 1.52. The molecule has 2 aliphatic heterocycles. The van der Waals surface area contributed by atoms with Gasteiger partial charge in [-0.3, -0.25) is 9.78 Å². The Morgan fingerprint density at radius 1 is 1.20 bits per heavy atom. The molecule has 1 aromatic heterocycles. The van der Waals surface area contributed by atoms with E-state index < -0.39 is 36.0 Å². The number of aliphatic hydroxyl groups excluding tert-OH is 2. The Bertz CT molecular complexity index is 1420. The quantitative estimate of drug-likeness (QED) is 0.332. The molecule has 1 saturated heterocycles. The zero-order chi connectivity index (χ0) is 28.7. The zero-order valence-corrected chi connectivity index (χ0v) is 22.6. The van der Waals surface area contributed by atoms with Crippen LogP contribution in [0, 0.1) is 6.92 Å². The molecule has 4 N–H and O–H groups in total. The minimum absolute atomic E-state index is 0.0746. The molecule has 0 aliphatic carbocycles. The summed E-state index contributed by atoms with van der Waals surface area (Å²) in [6.07, 6.45) is 1.71. The number of anilines is 2. The molecule has 1 amide bonds. The first kappa shape index (κ1) is 27.9. The molecule has 8 nitrogen and oxygen atoms in total. The fraction of sp³-hybridized carbons (Fsp3) is 0.400. The minimum atomic E-state index is -3.17. The number of rotatable bonds is 6. The molecule has 0 bridgehead atoms. The first-order valence-corrected chi connectivity index (χ1v) is 13.3. The van der Waals surface area contributed by atoms with Crippen molar-refractivity contribution in [2.45, 2.75) is 57.3 Å². The highest BCUT2D eigenvalue weighted by atomic mass is 19.3. The van der Waals surface area contributed by atoms with Crippen molar-refractivity contribution >= 4 is 17.3 Å². The summed E-state index contributed by atoms with van der Waals surface area (Å²) in [7, 11) is 0. The van der Waals surface area contributed by atoms with Gasteiger partial charge in [0.2, 0.25) is 0 Å². The molecule has 0 spiro atoms. The number of aryl methyl sites for hydroxylation is 1. The molecule has 2 atom stereocenters. The van der Waals surface area contributed by atoms with Crippen molar-refractivity contribution in [1.29, 1.82) is 0 Å². The van der Waals surface area contributed by atoms with Crippen LogP contribution in [0.2, 0.25) is 0 Å². The number of carbonyl (C=O) groups excluding carboxylic acids is 1. The van der Waals surface area contributed by atoms with E-state index in [-0.39, 0.29) is 11.5 Å². The topological polar surface area (TPSA) is 113 Å². The molecule has 3 aromatic rings. The number of pyridine rings is 1. The first-order chi connectivity index (χ1) is 19.0. The van der Waals surface area contributed by atoms with Gasteiger partial charge in [-0.25, -0.2) is 0 Å². The average molecular weight is 554 g/mol. The lowest BCUT2D eigenvalue weighted by molar-refractivity contribution is -0.0680. The SMILES string of the molecule is Cc1ccc(NC(=O)c2ccnc(C(C)(F)F)c2)cc1-c1cc2c(c(C3CCOCC3)c1)NC(O)C(C)(CO)O2. The summed E-state index contributed by atoms with van der Waals surface area (Å²) >= 11 is 0. The van der Waals surface area contributed by atoms with Gasteiger partial charge in [0, 0.05) is 37.6 Å². The second kappa shape index (κ2) is 10.8. The maximum absolute atomic E-state index is 13.7. The second-order valence-electron chi connectivity index (χ2n) is 10.7. The summed E-state index contributed by atoms with van der Waals surface area (Å²) in [5.41, 5.74) is 3.15. The van der Waals surface area contributed by atoms with E-state index in [1.807, 2.05) is 25.1 Å². The Hall–Kier alpha value is -3.60. The van der Waals surface area contributed by atoms with Gasteiger partial charge < -0.3 is 30.3 Å². The number of nitrogens with zero attached hydrogens (tertiary/aromatic N) is 1. The van der Waals surface area contributed by atoms with Crippen LogP contribution in [-0.2, 0) is 10.7 Å². The second-order valence-corrected chi connectivity index (χ2v) is 10.7. The fourth-order valence-corrected chi connectivity index (χ4v) is 5.10. The lowest BCUT2D eigenvalue weighted by atomic mass is 9.86. The van der Waals surface area contributed by atoms with E-state index in [1.54, 1.807) is 13.0 Å². The van der Waals surface area contributed by atoms with E-state index in [2.05, 4.69) is 21.7 Å². The van der Waals surface area contributed by atoms with Crippen LogP contribution in [0.3, 0.4) is 0 Å². The van der Waals surface area contributed by atoms with Crippen molar-refractivity contribution in [2.24, 2.45) is 0 Å². The summed E-state index contributed by atoms with van der Waals surface area (Å²) in [5.74, 6) is -3.01. The molecule has 2 aliphatic rings. The smallest absolute Gasteiger partial charge is 0.286 e. The van der Waals surface area contributed by atoms with Gasteiger partial charge in [-0.2, -0.15) is 8.78 Å². The van der Waals surface area contributed by atoms with E-state index in [4.69, 9.17) is 9.47 Å². The maximum Gasteiger partial charge on any atom is 0.286 e. The Morgan fingerprint density at radius 2 is 1.95 bits per heavy atom. The van der Waals surface area contributed by atoms with Gasteiger partial charge in [0.25, 0.3) is 11.8 Å². The number of nitrogens with one attached hydrogen (secondary N) is 2. The number of aromatic nitrogens is 1. The summed E-state index contributed by atoms with van der Waals surface area (Å²) < 4.78 is 39.2. The number of hydrogen-bond donors (Lipinski definition) is 4. The lowest BCUT2D eigenvalue weighted by Crippen LogP contribution is -2.54. The van der Waals surface area contributed by atoms with Crippen LogP contribution in [0.15, 0.2) is 48.7 Å². The van der Waals surface area contributed by atoms with Crippen molar-refractivity contribution in [1.82, 2.24) is 4.98 Å². The van der Waals surface area contributed by atoms with E-state index in [0.29, 0.717) is 30.3 Å². The maximum atomic E-state index is 13.7. The molecular formula is C30H33F2N3O5. The van der Waals surface area contributed by atoms with E-state index in [0.717, 1.165) is 48.1 Å². The highest BCUT2D eigenvalue weighted by Crippen LogP contribution is 2.46. The number of ether oxygens (including phenoxy) is 2. The molecule has 1 fully saturated rings. The van der Waals surface area contributed by atoms with E-state index in [9.17, 15) is 23.8 Å². The molecule has 2 aromatic carbocycles. The van der Waals surface area contributed by atoms with Gasteiger partial charge in [-0.15, -0.1) is 0 Å². The number of benzene rings is 2. The number of halogens is 2. The molecule has 3 heterocycles. The minimum Gasteiger partial charge on any atom is -0.478 e. The summed E-state index contributed by atoms with van der Waals surface area (Å²) in [6.45, 7) is 5.19. The third kappa shape index (κ3) is 5.52. The standard InChI is InChI=1S/C30H33F2N3O5/c1-17-4-5-21(34-27(37)19-6-9-33-25(14-19)30(3,31)32)15-22(17)20-12-23(18-7-10-39-11-8-18)26-24(13-20)40-29(2,16-36)28(38)35-26/h4-6,9,12-15,18,28,35-36,38H,7-8,10-11,16H2,1-3H3,(H,34,37). The molecule has 10 heteroatoms. The first-order valence-electron chi connectivity index (χ1n) is 13.3. The van der Waals surface area contributed by atoms with Gasteiger partial charge in [0.05, 0.1) is 12.3 Å². The number of hydrogen-bond acceptors (Lipinski definition) is 7. The molecule has 0 radical (unpaired) electrons. The fourth-order valence-electron chi connectivity index (χ4n) is 5.10. The summed E-state index contributed by atoms with van der Waals surface area (Å²) in [6, 6.07) is 11.9.